The standard InChI is InChI=1S/C20H25NO8/c1-5-27-17(23)15-20(18(24)28-6-2,19(25)29-7-3)16(22)14-12(11-21-15)9-8-10-13(14)26-4/h8-10,15,21H,5-7,11H2,1-4H3. The van der Waals surface area contributed by atoms with Crippen molar-refractivity contribution in [2.24, 2.45) is 5.41 Å². The Hall–Kier alpha value is -2.94. The van der Waals surface area contributed by atoms with E-state index < -0.39 is 35.1 Å². The van der Waals surface area contributed by atoms with Gasteiger partial charge in [-0.25, -0.2) is 0 Å². The Labute approximate surface area is 168 Å². The molecule has 1 aliphatic heterocycles. The molecule has 1 aromatic carbocycles. The molecular weight excluding hydrogens is 382 g/mol. The van der Waals surface area contributed by atoms with Gasteiger partial charge in [-0.15, -0.1) is 0 Å². The van der Waals surface area contributed by atoms with Gasteiger partial charge in [0, 0.05) is 6.54 Å². The molecule has 0 amide bonds. The summed E-state index contributed by atoms with van der Waals surface area (Å²) in [4.78, 5) is 52.7. The van der Waals surface area contributed by atoms with Gasteiger partial charge < -0.3 is 18.9 Å². The van der Waals surface area contributed by atoms with E-state index in [2.05, 4.69) is 5.32 Å². The van der Waals surface area contributed by atoms with Crippen molar-refractivity contribution in [2.75, 3.05) is 26.9 Å². The van der Waals surface area contributed by atoms with Crippen molar-refractivity contribution >= 4 is 23.7 Å². The van der Waals surface area contributed by atoms with E-state index in [4.69, 9.17) is 18.9 Å². The van der Waals surface area contributed by atoms with Crippen molar-refractivity contribution in [3.05, 3.63) is 29.3 Å². The quantitative estimate of drug-likeness (QED) is 0.402. The largest absolute Gasteiger partial charge is 0.496 e. The maximum Gasteiger partial charge on any atom is 0.333 e. The Morgan fingerprint density at radius 2 is 1.62 bits per heavy atom. The summed E-state index contributed by atoms with van der Waals surface area (Å²) in [6.07, 6.45) is 0. The highest BCUT2D eigenvalue weighted by Crippen LogP contribution is 2.39. The first kappa shape index (κ1) is 22.4. The molecule has 1 atom stereocenters. The molecule has 0 fully saturated rings. The summed E-state index contributed by atoms with van der Waals surface area (Å²) in [6, 6.07) is 3.19. The van der Waals surface area contributed by atoms with Crippen molar-refractivity contribution in [3.63, 3.8) is 0 Å². The zero-order valence-corrected chi connectivity index (χ0v) is 16.9. The molecule has 0 spiro atoms. The van der Waals surface area contributed by atoms with Gasteiger partial charge in [0.05, 0.1) is 32.5 Å². The van der Waals surface area contributed by atoms with Crippen LogP contribution >= 0.6 is 0 Å². The van der Waals surface area contributed by atoms with Gasteiger partial charge in [-0.2, -0.15) is 0 Å². The van der Waals surface area contributed by atoms with Gasteiger partial charge in [-0.05, 0) is 32.4 Å². The van der Waals surface area contributed by atoms with Crippen molar-refractivity contribution < 1.29 is 38.1 Å². The lowest BCUT2D eigenvalue weighted by molar-refractivity contribution is -0.175. The molecule has 0 bridgehead atoms. The third-order valence-electron chi connectivity index (χ3n) is 4.56. The lowest BCUT2D eigenvalue weighted by Crippen LogP contribution is -2.63. The molecule has 1 unspecified atom stereocenters. The van der Waals surface area contributed by atoms with Crippen LogP contribution in [0.5, 0.6) is 5.75 Å². The molecule has 0 saturated heterocycles. The third-order valence-corrected chi connectivity index (χ3v) is 4.56. The number of hydrogen-bond acceptors (Lipinski definition) is 9. The number of nitrogens with one attached hydrogen (secondary N) is 1. The minimum absolute atomic E-state index is 0.00963. The molecule has 9 nitrogen and oxygen atoms in total. The molecule has 1 heterocycles. The van der Waals surface area contributed by atoms with Crippen LogP contribution in [0.25, 0.3) is 0 Å². The van der Waals surface area contributed by atoms with Crippen LogP contribution in [-0.2, 0) is 35.1 Å². The summed E-state index contributed by atoms with van der Waals surface area (Å²) < 4.78 is 20.5. The number of fused-ring (bicyclic) bond motifs is 1. The number of rotatable bonds is 7. The summed E-state index contributed by atoms with van der Waals surface area (Å²) in [5.41, 5.74) is -2.15. The minimum Gasteiger partial charge on any atom is -0.496 e. The third kappa shape index (κ3) is 3.82. The van der Waals surface area contributed by atoms with Gasteiger partial charge >= 0.3 is 17.9 Å². The lowest BCUT2D eigenvalue weighted by atomic mass is 9.73. The number of benzene rings is 1. The molecule has 29 heavy (non-hydrogen) atoms. The van der Waals surface area contributed by atoms with Crippen LogP contribution in [0, 0.1) is 5.41 Å². The van der Waals surface area contributed by atoms with E-state index >= 15 is 0 Å². The van der Waals surface area contributed by atoms with Crippen LogP contribution in [0.2, 0.25) is 0 Å². The number of carbonyl (C=O) groups excluding carboxylic acids is 4. The number of ketones is 1. The van der Waals surface area contributed by atoms with E-state index in [-0.39, 0.29) is 37.7 Å². The second-order valence-corrected chi connectivity index (χ2v) is 6.14. The topological polar surface area (TPSA) is 117 Å². The average molecular weight is 407 g/mol. The van der Waals surface area contributed by atoms with Crippen molar-refractivity contribution in [2.45, 2.75) is 33.4 Å². The predicted octanol–water partition coefficient (Wildman–Crippen LogP) is 1.03. The summed E-state index contributed by atoms with van der Waals surface area (Å²) in [6.45, 7) is 4.41. The predicted molar refractivity (Wildman–Crippen MR) is 100 cm³/mol. The fourth-order valence-corrected chi connectivity index (χ4v) is 3.33. The monoisotopic (exact) mass is 407 g/mol. The lowest BCUT2D eigenvalue weighted by Gasteiger charge is -2.32. The number of hydrogen-bond donors (Lipinski definition) is 1. The molecule has 1 aromatic rings. The van der Waals surface area contributed by atoms with Crippen LogP contribution in [0.3, 0.4) is 0 Å². The fraction of sp³-hybridized carbons (Fsp3) is 0.500. The van der Waals surface area contributed by atoms with Gasteiger partial charge in [-0.1, -0.05) is 12.1 Å². The maximum absolute atomic E-state index is 13.8. The average Bonchev–Trinajstić information content (AvgIpc) is 2.83. The molecule has 0 saturated carbocycles. The number of Topliss-reactive ketones (excluding diaryl/α,β-unsaturated/α-hetero) is 1. The maximum atomic E-state index is 13.8. The smallest absolute Gasteiger partial charge is 0.333 e. The Bertz CT molecular complexity index is 786. The second-order valence-electron chi connectivity index (χ2n) is 6.14. The van der Waals surface area contributed by atoms with Crippen molar-refractivity contribution in [1.29, 1.82) is 0 Å². The molecule has 158 valence electrons. The molecule has 1 aliphatic rings. The molecule has 1 N–H and O–H groups in total. The summed E-state index contributed by atoms with van der Waals surface area (Å²) in [5.74, 6) is -4.09. The normalized spacial score (nSPS) is 17.5. The highest BCUT2D eigenvalue weighted by Gasteiger charge is 2.65. The van der Waals surface area contributed by atoms with E-state index in [0.29, 0.717) is 5.56 Å². The van der Waals surface area contributed by atoms with Crippen molar-refractivity contribution in [1.82, 2.24) is 5.32 Å². The second kappa shape index (κ2) is 9.51. The molecule has 0 aromatic heterocycles. The summed E-state index contributed by atoms with van der Waals surface area (Å²) in [7, 11) is 1.36. The number of esters is 3. The van der Waals surface area contributed by atoms with Crippen molar-refractivity contribution in [3.8, 4) is 5.75 Å². The molecular formula is C20H25NO8. The minimum atomic E-state index is -2.61. The molecule has 9 heteroatoms. The van der Waals surface area contributed by atoms with Gasteiger partial charge in [0.15, 0.2) is 5.78 Å². The van der Waals surface area contributed by atoms with E-state index in [1.165, 1.54) is 27.0 Å². The Balaban J connectivity index is 2.83. The zero-order valence-electron chi connectivity index (χ0n) is 16.9. The molecule has 0 radical (unpaired) electrons. The molecule has 2 rings (SSSR count). The Morgan fingerprint density at radius 3 is 2.14 bits per heavy atom. The first-order chi connectivity index (χ1) is 13.9. The summed E-state index contributed by atoms with van der Waals surface area (Å²) in [5, 5.41) is 2.82. The van der Waals surface area contributed by atoms with Gasteiger partial charge in [0.1, 0.15) is 11.8 Å². The number of carbonyl (C=O) groups is 4. The van der Waals surface area contributed by atoms with E-state index in [9.17, 15) is 19.2 Å². The van der Waals surface area contributed by atoms with Crippen LogP contribution < -0.4 is 10.1 Å². The fourth-order valence-electron chi connectivity index (χ4n) is 3.33. The van der Waals surface area contributed by atoms with E-state index in [1.54, 1.807) is 19.1 Å². The van der Waals surface area contributed by atoms with Gasteiger partial charge in [-0.3, -0.25) is 24.5 Å². The van der Waals surface area contributed by atoms with E-state index in [0.717, 1.165) is 0 Å². The highest BCUT2D eigenvalue weighted by molar-refractivity contribution is 6.29. The SMILES string of the molecule is CCOC(=O)C1NCc2cccc(OC)c2C(=O)C1(C(=O)OCC)C(=O)OCC. The van der Waals surface area contributed by atoms with Crippen LogP contribution in [0.4, 0.5) is 0 Å². The Kier molecular flexibility index (Phi) is 7.33. The first-order valence-electron chi connectivity index (χ1n) is 9.35. The van der Waals surface area contributed by atoms with Crippen LogP contribution in [0.1, 0.15) is 36.7 Å². The first-order valence-corrected chi connectivity index (χ1v) is 9.35. The Morgan fingerprint density at radius 1 is 1.03 bits per heavy atom. The number of ether oxygens (including phenoxy) is 4. The summed E-state index contributed by atoms with van der Waals surface area (Å²) >= 11 is 0. The van der Waals surface area contributed by atoms with Gasteiger partial charge in [0.25, 0.3) is 5.41 Å². The van der Waals surface area contributed by atoms with E-state index in [1.807, 2.05) is 0 Å². The van der Waals surface area contributed by atoms with Crippen LogP contribution in [0.15, 0.2) is 18.2 Å². The van der Waals surface area contributed by atoms with Crippen LogP contribution in [-0.4, -0.2) is 56.7 Å². The van der Waals surface area contributed by atoms with Gasteiger partial charge in [0.2, 0.25) is 0 Å². The zero-order chi connectivity index (χ0) is 21.6. The highest BCUT2D eigenvalue weighted by atomic mass is 16.6. The number of methoxy groups -OCH3 is 1. The molecule has 0 aliphatic carbocycles.